The zero-order chi connectivity index (χ0) is 8.15. The first-order valence-corrected chi connectivity index (χ1v) is 2.16. The first-order chi connectivity index (χ1) is 4.57. The van der Waals surface area contributed by atoms with E-state index < -0.39 is 17.5 Å². The third-order valence-corrected chi connectivity index (χ3v) is 0.619. The highest BCUT2D eigenvalue weighted by molar-refractivity contribution is 5.97. The summed E-state index contributed by atoms with van der Waals surface area (Å²) in [6.07, 6.45) is 0.336. The number of carboxylic acids is 2. The molecule has 0 unspecified atom stereocenters. The quantitative estimate of drug-likeness (QED) is 0.403. The van der Waals surface area contributed by atoms with Gasteiger partial charge in [-0.3, -0.25) is 0 Å². The molecule has 52 valence electrons. The highest BCUT2D eigenvalue weighted by Gasteiger charge is 2.06. The van der Waals surface area contributed by atoms with Crippen LogP contribution in [0.3, 0.4) is 0 Å². The van der Waals surface area contributed by atoms with Gasteiger partial charge in [0.05, 0.1) is 0 Å². The monoisotopic (exact) mass is 141 g/mol. The average Bonchev–Trinajstić information content (AvgIpc) is 1.81. The Kier molecular flexibility index (Phi) is 2.65. The Balaban J connectivity index is 4.55. The van der Waals surface area contributed by atoms with Gasteiger partial charge in [-0.05, 0) is 0 Å². The van der Waals surface area contributed by atoms with E-state index in [9.17, 15) is 9.59 Å². The molecule has 0 spiro atoms. The minimum absolute atomic E-state index is 0.336. The summed E-state index contributed by atoms with van der Waals surface area (Å²) in [5.41, 5.74) is -0.785. The normalized spacial score (nSPS) is 10.1. The number of hydrogen-bond acceptors (Lipinski definition) is 3. The zero-order valence-electron chi connectivity index (χ0n) is 4.74. The van der Waals surface area contributed by atoms with Crippen molar-refractivity contribution >= 4 is 11.9 Å². The summed E-state index contributed by atoms with van der Waals surface area (Å²) >= 11 is 0. The van der Waals surface area contributed by atoms with E-state index in [4.69, 9.17) is 15.5 Å². The standard InChI is InChI=1S/C5H3NO4/c6-2-3(5(9)10)1-4(7)8/h1H,(H,7,8)(H,9,10)/b3-1-. The molecule has 2 N–H and O–H groups in total. The fraction of sp³-hybridized carbons (Fsp3) is 0. The lowest BCUT2D eigenvalue weighted by Crippen LogP contribution is -2.01. The Morgan fingerprint density at radius 3 is 2.00 bits per heavy atom. The summed E-state index contributed by atoms with van der Waals surface area (Å²) in [4.78, 5) is 19.7. The first kappa shape index (κ1) is 8.17. The Bertz CT molecular complexity index is 235. The van der Waals surface area contributed by atoms with Crippen LogP contribution >= 0.6 is 0 Å². The second-order valence-electron chi connectivity index (χ2n) is 1.31. The Hall–Kier alpha value is -1.83. The number of rotatable bonds is 2. The second kappa shape index (κ2) is 3.25. The Morgan fingerprint density at radius 2 is 1.90 bits per heavy atom. The average molecular weight is 141 g/mol. The van der Waals surface area contributed by atoms with E-state index in [0.717, 1.165) is 0 Å². The summed E-state index contributed by atoms with van der Waals surface area (Å²) in [6, 6.07) is 1.21. The van der Waals surface area contributed by atoms with Gasteiger partial charge in [0.25, 0.3) is 0 Å². The molecule has 0 saturated carbocycles. The molecule has 0 amide bonds. The highest BCUT2D eigenvalue weighted by Crippen LogP contribution is 1.90. The minimum Gasteiger partial charge on any atom is -0.478 e. The molecule has 0 radical (unpaired) electrons. The first-order valence-electron chi connectivity index (χ1n) is 2.16. The lowest BCUT2D eigenvalue weighted by atomic mass is 10.3. The van der Waals surface area contributed by atoms with E-state index in [2.05, 4.69) is 0 Å². The van der Waals surface area contributed by atoms with Crippen LogP contribution < -0.4 is 0 Å². The summed E-state index contributed by atoms with van der Waals surface area (Å²) < 4.78 is 0. The number of nitrogens with zero attached hydrogens (tertiary/aromatic N) is 1. The molecule has 5 nitrogen and oxygen atoms in total. The smallest absolute Gasteiger partial charge is 0.346 e. The minimum atomic E-state index is -1.54. The van der Waals surface area contributed by atoms with E-state index in [1.807, 2.05) is 0 Å². The lowest BCUT2D eigenvalue weighted by molar-refractivity contribution is -0.134. The molecule has 0 aliphatic heterocycles. The summed E-state index contributed by atoms with van der Waals surface area (Å²) in [5.74, 6) is -2.98. The van der Waals surface area contributed by atoms with Crippen LogP contribution in [-0.2, 0) is 9.59 Å². The van der Waals surface area contributed by atoms with E-state index in [0.29, 0.717) is 6.08 Å². The van der Waals surface area contributed by atoms with Gasteiger partial charge in [0.1, 0.15) is 11.6 Å². The van der Waals surface area contributed by atoms with Crippen LogP contribution in [0, 0.1) is 11.3 Å². The molecule has 0 aliphatic carbocycles. The van der Waals surface area contributed by atoms with Crippen LogP contribution in [0.1, 0.15) is 0 Å². The lowest BCUT2D eigenvalue weighted by Gasteiger charge is -1.83. The Morgan fingerprint density at radius 1 is 1.40 bits per heavy atom. The van der Waals surface area contributed by atoms with Gasteiger partial charge < -0.3 is 10.2 Å². The van der Waals surface area contributed by atoms with Crippen LogP contribution in [-0.4, -0.2) is 22.2 Å². The van der Waals surface area contributed by atoms with Crippen molar-refractivity contribution in [1.29, 1.82) is 5.26 Å². The SMILES string of the molecule is N#C/C(=C/C(=O)O)C(=O)O. The molecular weight excluding hydrogens is 138 g/mol. The summed E-state index contributed by atoms with van der Waals surface area (Å²) in [7, 11) is 0. The fourth-order valence-electron chi connectivity index (χ4n) is 0.265. The van der Waals surface area contributed by atoms with Crippen molar-refractivity contribution in [2.24, 2.45) is 0 Å². The predicted octanol–water partition coefficient (Wildman–Crippen LogP) is -0.394. The van der Waals surface area contributed by atoms with Gasteiger partial charge in [-0.15, -0.1) is 0 Å². The van der Waals surface area contributed by atoms with E-state index in [1.165, 1.54) is 6.07 Å². The van der Waals surface area contributed by atoms with E-state index >= 15 is 0 Å². The molecular formula is C5H3NO4. The molecule has 0 fully saturated rings. The number of carbonyl (C=O) groups is 2. The summed E-state index contributed by atoms with van der Waals surface area (Å²) in [5, 5.41) is 24.0. The van der Waals surface area contributed by atoms with Crippen LogP contribution in [0.25, 0.3) is 0 Å². The van der Waals surface area contributed by atoms with Gasteiger partial charge >= 0.3 is 11.9 Å². The molecule has 5 heteroatoms. The van der Waals surface area contributed by atoms with Gasteiger partial charge in [0.2, 0.25) is 0 Å². The number of hydrogen-bond donors (Lipinski definition) is 2. The van der Waals surface area contributed by atoms with Crippen molar-refractivity contribution in [3.8, 4) is 6.07 Å². The maximum Gasteiger partial charge on any atom is 0.346 e. The summed E-state index contributed by atoms with van der Waals surface area (Å²) in [6.45, 7) is 0. The number of nitriles is 1. The molecule has 0 aromatic carbocycles. The van der Waals surface area contributed by atoms with E-state index in [1.54, 1.807) is 0 Å². The molecule has 0 heterocycles. The largest absolute Gasteiger partial charge is 0.478 e. The van der Waals surface area contributed by atoms with Crippen LogP contribution in [0.2, 0.25) is 0 Å². The molecule has 0 aliphatic rings. The highest BCUT2D eigenvalue weighted by atomic mass is 16.4. The van der Waals surface area contributed by atoms with Crippen LogP contribution in [0.15, 0.2) is 11.6 Å². The van der Waals surface area contributed by atoms with Crippen LogP contribution in [0.5, 0.6) is 0 Å². The number of aliphatic carboxylic acids is 2. The van der Waals surface area contributed by atoms with Gasteiger partial charge in [-0.2, -0.15) is 5.26 Å². The zero-order valence-corrected chi connectivity index (χ0v) is 4.74. The van der Waals surface area contributed by atoms with Crippen molar-refractivity contribution in [3.05, 3.63) is 11.6 Å². The van der Waals surface area contributed by atoms with Crippen molar-refractivity contribution < 1.29 is 19.8 Å². The van der Waals surface area contributed by atoms with Crippen molar-refractivity contribution in [3.63, 3.8) is 0 Å². The maximum absolute atomic E-state index is 9.91. The van der Waals surface area contributed by atoms with Crippen molar-refractivity contribution in [2.75, 3.05) is 0 Å². The second-order valence-corrected chi connectivity index (χ2v) is 1.31. The third-order valence-electron chi connectivity index (χ3n) is 0.619. The van der Waals surface area contributed by atoms with Gasteiger partial charge in [0.15, 0.2) is 0 Å². The van der Waals surface area contributed by atoms with Gasteiger partial charge in [0, 0.05) is 6.08 Å². The molecule has 0 atom stereocenters. The molecule has 0 saturated heterocycles. The molecule has 0 bridgehead atoms. The fourth-order valence-corrected chi connectivity index (χ4v) is 0.265. The van der Waals surface area contributed by atoms with E-state index in [-0.39, 0.29) is 0 Å². The van der Waals surface area contributed by atoms with Gasteiger partial charge in [-0.25, -0.2) is 9.59 Å². The van der Waals surface area contributed by atoms with Crippen LogP contribution in [0.4, 0.5) is 0 Å². The van der Waals surface area contributed by atoms with Crippen molar-refractivity contribution in [1.82, 2.24) is 0 Å². The van der Waals surface area contributed by atoms with Crippen molar-refractivity contribution in [2.45, 2.75) is 0 Å². The predicted molar refractivity (Wildman–Crippen MR) is 29.0 cm³/mol. The molecule has 10 heavy (non-hydrogen) atoms. The molecule has 0 rings (SSSR count). The molecule has 0 aromatic heterocycles. The number of carboxylic acid groups (broad SMARTS) is 2. The Labute approximate surface area is 55.8 Å². The third kappa shape index (κ3) is 2.47. The maximum atomic E-state index is 9.91. The topological polar surface area (TPSA) is 98.4 Å². The van der Waals surface area contributed by atoms with Gasteiger partial charge in [-0.1, -0.05) is 0 Å². The molecule has 0 aromatic rings.